The number of phenols is 1. The van der Waals surface area contributed by atoms with Crippen LogP contribution >= 0.6 is 0 Å². The Hall–Kier alpha value is -3.16. The van der Waals surface area contributed by atoms with Gasteiger partial charge in [0.2, 0.25) is 11.6 Å². The van der Waals surface area contributed by atoms with E-state index in [0.29, 0.717) is 0 Å². The molecule has 1 unspecified atom stereocenters. The van der Waals surface area contributed by atoms with E-state index in [9.17, 15) is 49.8 Å². The second kappa shape index (κ2) is 6.93. The van der Waals surface area contributed by atoms with Crippen molar-refractivity contribution in [3.63, 3.8) is 0 Å². The first-order chi connectivity index (χ1) is 15.6. The van der Waals surface area contributed by atoms with E-state index in [4.69, 9.17) is 5.73 Å². The first kappa shape index (κ1) is 24.0. The molecule has 12 nitrogen and oxygen atoms in total. The predicted octanol–water partition coefficient (Wildman–Crippen LogP) is -2.76. The number of carbonyl (C=O) groups is 4. The normalized spacial score (nSPS) is 39.6. The highest BCUT2D eigenvalue weighted by atomic mass is 16.4. The Morgan fingerprint density at radius 3 is 2.18 bits per heavy atom. The Balaban J connectivity index is 2.11. The number of rotatable bonds is 2. The van der Waals surface area contributed by atoms with Crippen LogP contribution in [0.2, 0.25) is 0 Å². The van der Waals surface area contributed by atoms with Gasteiger partial charge in [0.05, 0.1) is 35.1 Å². The number of Topliss-reactive ketones (excluding diaryl/α,β-unsaturated/α-hetero) is 3. The van der Waals surface area contributed by atoms with E-state index in [-0.39, 0.29) is 5.56 Å². The number of fused-ring (bicyclic) bond motifs is 3. The topological polar surface area (TPSA) is 219 Å². The molecule has 4 rings (SSSR count). The Bertz CT molecular complexity index is 1200. The number of carbonyl (C=O) groups excluding carboxylic acids is 4. The number of benzene rings is 1. The molecule has 0 heterocycles. The summed E-state index contributed by atoms with van der Waals surface area (Å²) in [4.78, 5) is 53.4. The van der Waals surface area contributed by atoms with E-state index >= 15 is 0 Å². The monoisotopic (exact) mass is 476 g/mol. The Labute approximate surface area is 192 Å². The predicted molar refractivity (Wildman–Crippen MR) is 111 cm³/mol. The van der Waals surface area contributed by atoms with Crippen molar-refractivity contribution in [2.75, 3.05) is 14.1 Å². The molecular weight excluding hydrogens is 452 g/mol. The zero-order valence-corrected chi connectivity index (χ0v) is 18.4. The number of primary amides is 1. The number of phenolic OH excluding ortho intramolecular Hbond substituents is 1. The third-order valence-electron chi connectivity index (χ3n) is 7.36. The van der Waals surface area contributed by atoms with Crippen molar-refractivity contribution in [2.45, 2.75) is 35.9 Å². The fourth-order valence-corrected chi connectivity index (χ4v) is 5.92. The van der Waals surface area contributed by atoms with Crippen LogP contribution in [0.25, 0.3) is 0 Å². The minimum atomic E-state index is -3.37. The number of likely N-dealkylation sites (N-methyl/N-ethyl adjacent to an activating group) is 1. The highest BCUT2D eigenvalue weighted by Gasteiger charge is 2.78. The number of aromatic hydroxyl groups is 1. The molecule has 34 heavy (non-hydrogen) atoms. The highest BCUT2D eigenvalue weighted by Crippen LogP contribution is 2.58. The summed E-state index contributed by atoms with van der Waals surface area (Å²) in [5.41, 5.74) is -5.76. The van der Waals surface area contributed by atoms with Gasteiger partial charge in [-0.05, 0) is 32.6 Å². The van der Waals surface area contributed by atoms with Gasteiger partial charge in [0.25, 0.3) is 5.91 Å². The SMILES string of the molecule is CN(C)[C@@H]1C(=O)C(C(N)=O)=C(O)[C@@]2(O)C(=O)C3(O)C(=O)c4c(O)cccc4[C@@](C)(O)[C@H]3[C@H](O)[C@@H]12. The van der Waals surface area contributed by atoms with Crippen LogP contribution in [0, 0.1) is 11.8 Å². The first-order valence-corrected chi connectivity index (χ1v) is 10.3. The summed E-state index contributed by atoms with van der Waals surface area (Å²) in [6.45, 7) is 1.09. The maximum absolute atomic E-state index is 13.8. The molecule has 0 aliphatic heterocycles. The molecule has 1 fully saturated rings. The fraction of sp³-hybridized carbons (Fsp3) is 0.455. The van der Waals surface area contributed by atoms with Crippen molar-refractivity contribution in [3.05, 3.63) is 40.7 Å². The van der Waals surface area contributed by atoms with Crippen LogP contribution in [0.1, 0.15) is 22.8 Å². The number of aliphatic hydroxyl groups excluding tert-OH is 2. The molecule has 0 spiro atoms. The molecule has 0 aromatic heterocycles. The van der Waals surface area contributed by atoms with Gasteiger partial charge in [-0.1, -0.05) is 12.1 Å². The van der Waals surface area contributed by atoms with E-state index < -0.39 is 86.7 Å². The van der Waals surface area contributed by atoms with Crippen LogP contribution in [0.15, 0.2) is 29.5 Å². The standard InChI is InChI=1S/C22H24N2O10/c1-20(32)7-5-4-6-8(25)9(7)16(28)22(34)15(20)14(27)11-12(24(2)3)13(26)10(18(23)30)17(29)21(11,33)19(22)31/h4-6,11-12,14-15,25,27,29,32-34H,1-3H3,(H2,23,30)/t11-,12+,14-,15-,20-,21-,22?/m1/s1. The quantitative estimate of drug-likeness (QED) is 0.171. The van der Waals surface area contributed by atoms with Crippen LogP contribution < -0.4 is 5.73 Å². The number of nitrogens with zero attached hydrogens (tertiary/aromatic N) is 1. The van der Waals surface area contributed by atoms with Crippen molar-refractivity contribution in [1.29, 1.82) is 0 Å². The summed E-state index contributed by atoms with van der Waals surface area (Å²) in [6.07, 6.45) is -2.16. The average Bonchev–Trinajstić information content (AvgIpc) is 2.72. The second-order valence-corrected chi connectivity index (χ2v) is 9.39. The fourth-order valence-electron chi connectivity index (χ4n) is 5.92. The molecule has 3 aliphatic rings. The summed E-state index contributed by atoms with van der Waals surface area (Å²) < 4.78 is 0. The van der Waals surface area contributed by atoms with E-state index in [1.807, 2.05) is 0 Å². The largest absolute Gasteiger partial charge is 0.508 e. The van der Waals surface area contributed by atoms with E-state index in [2.05, 4.69) is 0 Å². The molecule has 1 aromatic rings. The number of hydrogen-bond donors (Lipinski definition) is 7. The minimum Gasteiger partial charge on any atom is -0.508 e. The lowest BCUT2D eigenvalue weighted by Crippen LogP contribution is -2.81. The number of ketones is 3. The Morgan fingerprint density at radius 2 is 1.65 bits per heavy atom. The highest BCUT2D eigenvalue weighted by molar-refractivity contribution is 6.27. The number of nitrogens with two attached hydrogens (primary N) is 1. The summed E-state index contributed by atoms with van der Waals surface area (Å²) >= 11 is 0. The van der Waals surface area contributed by atoms with E-state index in [1.54, 1.807) is 0 Å². The number of hydrogen-bond acceptors (Lipinski definition) is 11. The van der Waals surface area contributed by atoms with Crippen LogP contribution in [-0.2, 0) is 20.0 Å². The smallest absolute Gasteiger partial charge is 0.255 e. The molecule has 182 valence electrons. The summed E-state index contributed by atoms with van der Waals surface area (Å²) in [6, 6.07) is 2.00. The van der Waals surface area contributed by atoms with Gasteiger partial charge in [-0.2, -0.15) is 0 Å². The average molecular weight is 476 g/mol. The molecule has 0 radical (unpaired) electrons. The van der Waals surface area contributed by atoms with Crippen LogP contribution in [0.4, 0.5) is 0 Å². The molecule has 12 heteroatoms. The molecule has 1 saturated carbocycles. The van der Waals surface area contributed by atoms with Crippen molar-refractivity contribution in [3.8, 4) is 5.75 Å². The van der Waals surface area contributed by atoms with Gasteiger partial charge in [-0.15, -0.1) is 0 Å². The zero-order chi connectivity index (χ0) is 25.7. The van der Waals surface area contributed by atoms with Crippen molar-refractivity contribution >= 4 is 23.3 Å². The molecular formula is C22H24N2O10. The van der Waals surface area contributed by atoms with Crippen molar-refractivity contribution in [2.24, 2.45) is 17.6 Å². The lowest BCUT2D eigenvalue weighted by molar-refractivity contribution is -0.232. The molecule has 0 bridgehead atoms. The lowest BCUT2D eigenvalue weighted by Gasteiger charge is -2.59. The Morgan fingerprint density at radius 1 is 1.06 bits per heavy atom. The van der Waals surface area contributed by atoms with Gasteiger partial charge >= 0.3 is 0 Å². The maximum atomic E-state index is 13.8. The summed E-state index contributed by atoms with van der Waals surface area (Å²) in [5, 5.41) is 66.9. The number of amides is 1. The lowest BCUT2D eigenvalue weighted by atomic mass is 9.48. The summed E-state index contributed by atoms with van der Waals surface area (Å²) in [7, 11) is 2.67. The van der Waals surface area contributed by atoms with Gasteiger partial charge in [-0.3, -0.25) is 24.1 Å². The minimum absolute atomic E-state index is 0.203. The van der Waals surface area contributed by atoms with Crippen molar-refractivity contribution in [1.82, 2.24) is 4.90 Å². The summed E-state index contributed by atoms with van der Waals surface area (Å²) in [5.74, 6) is -12.0. The molecule has 0 saturated heterocycles. The Kier molecular flexibility index (Phi) is 4.89. The van der Waals surface area contributed by atoms with Crippen molar-refractivity contribution < 1.29 is 49.8 Å². The molecule has 1 amide bonds. The van der Waals surface area contributed by atoms with Gasteiger partial charge in [-0.25, -0.2) is 0 Å². The van der Waals surface area contributed by atoms with Gasteiger partial charge in [0.15, 0.2) is 17.0 Å². The van der Waals surface area contributed by atoms with E-state index in [1.165, 1.54) is 26.2 Å². The van der Waals surface area contributed by atoms with Gasteiger partial charge in [0.1, 0.15) is 17.1 Å². The maximum Gasteiger partial charge on any atom is 0.255 e. The molecule has 8 N–H and O–H groups in total. The van der Waals surface area contributed by atoms with Gasteiger partial charge in [0, 0.05) is 0 Å². The van der Waals surface area contributed by atoms with Crippen LogP contribution in [-0.4, -0.2) is 96.2 Å². The second-order valence-electron chi connectivity index (χ2n) is 9.39. The third kappa shape index (κ3) is 2.49. The third-order valence-corrected chi connectivity index (χ3v) is 7.36. The zero-order valence-electron chi connectivity index (χ0n) is 18.4. The van der Waals surface area contributed by atoms with Gasteiger partial charge < -0.3 is 36.4 Å². The molecule has 3 aliphatic carbocycles. The van der Waals surface area contributed by atoms with E-state index in [0.717, 1.165) is 17.9 Å². The molecule has 7 atom stereocenters. The first-order valence-electron chi connectivity index (χ1n) is 10.3. The van der Waals surface area contributed by atoms with Crippen LogP contribution in [0.3, 0.4) is 0 Å². The van der Waals surface area contributed by atoms with Crippen LogP contribution in [0.5, 0.6) is 5.75 Å². The number of aliphatic hydroxyl groups is 5. The molecule has 1 aromatic carbocycles.